The van der Waals surface area contributed by atoms with Crippen molar-refractivity contribution in [2.24, 2.45) is 7.05 Å². The molecule has 0 bridgehead atoms. The maximum Gasteiger partial charge on any atom is 0.0492 e. The van der Waals surface area contributed by atoms with Gasteiger partial charge in [-0.05, 0) is 56.0 Å². The third-order valence-electron chi connectivity index (χ3n) is 3.59. The summed E-state index contributed by atoms with van der Waals surface area (Å²) in [5.41, 5.74) is 2.64. The molecule has 0 aliphatic heterocycles. The maximum atomic E-state index is 4.23. The van der Waals surface area contributed by atoms with E-state index in [9.17, 15) is 0 Å². The Bertz CT molecular complexity index is 492. The van der Waals surface area contributed by atoms with Crippen molar-refractivity contribution in [3.8, 4) is 0 Å². The van der Waals surface area contributed by atoms with Gasteiger partial charge in [0.15, 0.2) is 0 Å². The third-order valence-corrected chi connectivity index (χ3v) is 3.59. The number of aromatic nitrogens is 3. The lowest BCUT2D eigenvalue weighted by molar-refractivity contribution is 0.471. The summed E-state index contributed by atoms with van der Waals surface area (Å²) in [6.45, 7) is 3.28. The summed E-state index contributed by atoms with van der Waals surface area (Å²) in [6, 6.07) is 6.81. The van der Waals surface area contributed by atoms with Crippen LogP contribution in [0.2, 0.25) is 0 Å². The summed E-state index contributed by atoms with van der Waals surface area (Å²) >= 11 is 0. The van der Waals surface area contributed by atoms with Gasteiger partial charge in [-0.2, -0.15) is 5.10 Å². The predicted octanol–water partition coefficient (Wildman–Crippen LogP) is 2.36. The molecule has 1 atom stereocenters. The van der Waals surface area contributed by atoms with Crippen LogP contribution in [0.5, 0.6) is 0 Å². The molecule has 2 rings (SSSR count). The Morgan fingerprint density at radius 1 is 1.20 bits per heavy atom. The average molecular weight is 272 g/mol. The van der Waals surface area contributed by atoms with Gasteiger partial charge in [0.2, 0.25) is 0 Å². The Morgan fingerprint density at radius 2 is 2.00 bits per heavy atom. The minimum atomic E-state index is 0.507. The van der Waals surface area contributed by atoms with Gasteiger partial charge in [-0.3, -0.25) is 9.67 Å². The Labute approximate surface area is 121 Å². The molecule has 2 aromatic rings. The molecule has 0 amide bonds. The van der Waals surface area contributed by atoms with Crippen LogP contribution in [0.1, 0.15) is 31.0 Å². The van der Waals surface area contributed by atoms with E-state index in [0.29, 0.717) is 6.04 Å². The van der Waals surface area contributed by atoms with E-state index in [2.05, 4.69) is 40.5 Å². The summed E-state index contributed by atoms with van der Waals surface area (Å²) in [5, 5.41) is 7.88. The van der Waals surface area contributed by atoms with E-state index >= 15 is 0 Å². The Hall–Kier alpha value is -1.68. The van der Waals surface area contributed by atoms with Gasteiger partial charge >= 0.3 is 0 Å². The Balaban J connectivity index is 1.91. The fourth-order valence-corrected chi connectivity index (χ4v) is 2.40. The lowest BCUT2D eigenvalue weighted by Gasteiger charge is -2.18. The SMILES string of the molecule is CCCNC(CCc1ccnn1C)Cc1ccncc1. The summed E-state index contributed by atoms with van der Waals surface area (Å²) in [5.74, 6) is 0. The highest BCUT2D eigenvalue weighted by Crippen LogP contribution is 2.09. The van der Waals surface area contributed by atoms with Gasteiger partial charge in [-0.25, -0.2) is 0 Å². The summed E-state index contributed by atoms with van der Waals surface area (Å²) in [6.07, 6.45) is 10.0. The minimum absolute atomic E-state index is 0.507. The molecular formula is C16H24N4. The van der Waals surface area contributed by atoms with Crippen molar-refractivity contribution in [2.75, 3.05) is 6.54 Å². The second kappa shape index (κ2) is 7.80. The van der Waals surface area contributed by atoms with E-state index < -0.39 is 0 Å². The molecule has 0 spiro atoms. The second-order valence-corrected chi connectivity index (χ2v) is 5.20. The van der Waals surface area contributed by atoms with E-state index in [1.54, 1.807) is 0 Å². The first-order chi connectivity index (χ1) is 9.79. The molecule has 2 aromatic heterocycles. The fraction of sp³-hybridized carbons (Fsp3) is 0.500. The third kappa shape index (κ3) is 4.46. The van der Waals surface area contributed by atoms with Gasteiger partial charge in [0.1, 0.15) is 0 Å². The Morgan fingerprint density at radius 3 is 2.65 bits per heavy atom. The van der Waals surface area contributed by atoms with Crippen LogP contribution in [0, 0.1) is 0 Å². The van der Waals surface area contributed by atoms with Crippen LogP contribution in [-0.2, 0) is 19.9 Å². The summed E-state index contributed by atoms with van der Waals surface area (Å²) in [7, 11) is 2.01. The molecule has 0 fully saturated rings. The predicted molar refractivity (Wildman–Crippen MR) is 81.6 cm³/mol. The zero-order valence-electron chi connectivity index (χ0n) is 12.4. The van der Waals surface area contributed by atoms with Gasteiger partial charge in [-0.1, -0.05) is 6.92 Å². The van der Waals surface area contributed by atoms with E-state index in [1.807, 2.05) is 30.3 Å². The molecular weight excluding hydrogens is 248 g/mol. The maximum absolute atomic E-state index is 4.23. The molecule has 108 valence electrons. The number of aryl methyl sites for hydroxylation is 2. The normalized spacial score (nSPS) is 12.5. The highest BCUT2D eigenvalue weighted by atomic mass is 15.2. The highest BCUT2D eigenvalue weighted by Gasteiger charge is 2.10. The molecule has 0 aromatic carbocycles. The van der Waals surface area contributed by atoms with Crippen molar-refractivity contribution in [2.45, 2.75) is 38.6 Å². The highest BCUT2D eigenvalue weighted by molar-refractivity contribution is 5.11. The van der Waals surface area contributed by atoms with Crippen LogP contribution in [0.4, 0.5) is 0 Å². The Kier molecular flexibility index (Phi) is 5.74. The molecule has 0 aliphatic carbocycles. The summed E-state index contributed by atoms with van der Waals surface area (Å²) in [4.78, 5) is 4.08. The average Bonchev–Trinajstić information content (AvgIpc) is 2.88. The number of hydrogen-bond acceptors (Lipinski definition) is 3. The van der Waals surface area contributed by atoms with Crippen molar-refractivity contribution >= 4 is 0 Å². The van der Waals surface area contributed by atoms with E-state index in [1.165, 1.54) is 17.7 Å². The molecule has 0 aliphatic rings. The van der Waals surface area contributed by atoms with E-state index in [0.717, 1.165) is 25.8 Å². The number of nitrogens with one attached hydrogen (secondary N) is 1. The molecule has 0 radical (unpaired) electrons. The van der Waals surface area contributed by atoms with Gasteiger partial charge in [0.05, 0.1) is 0 Å². The van der Waals surface area contributed by atoms with Crippen LogP contribution in [0.3, 0.4) is 0 Å². The van der Waals surface area contributed by atoms with Crippen molar-refractivity contribution in [1.29, 1.82) is 0 Å². The quantitative estimate of drug-likeness (QED) is 0.802. The standard InChI is InChI=1S/C16H24N4/c1-3-9-18-15(13-14-6-10-17-11-7-14)4-5-16-8-12-19-20(16)2/h6-8,10-12,15,18H,3-5,9,13H2,1-2H3. The lowest BCUT2D eigenvalue weighted by atomic mass is 10.0. The largest absolute Gasteiger partial charge is 0.314 e. The van der Waals surface area contributed by atoms with Gasteiger partial charge in [-0.15, -0.1) is 0 Å². The van der Waals surface area contributed by atoms with Crippen LogP contribution < -0.4 is 5.32 Å². The van der Waals surface area contributed by atoms with Gasteiger partial charge < -0.3 is 5.32 Å². The number of rotatable bonds is 8. The smallest absolute Gasteiger partial charge is 0.0492 e. The fourth-order valence-electron chi connectivity index (χ4n) is 2.40. The van der Waals surface area contributed by atoms with Gasteiger partial charge in [0.25, 0.3) is 0 Å². The van der Waals surface area contributed by atoms with Crippen LogP contribution in [0.15, 0.2) is 36.8 Å². The van der Waals surface area contributed by atoms with Crippen LogP contribution >= 0.6 is 0 Å². The number of pyridine rings is 1. The minimum Gasteiger partial charge on any atom is -0.314 e. The monoisotopic (exact) mass is 272 g/mol. The van der Waals surface area contributed by atoms with Crippen LogP contribution in [-0.4, -0.2) is 27.4 Å². The summed E-state index contributed by atoms with van der Waals surface area (Å²) < 4.78 is 1.96. The van der Waals surface area contributed by atoms with E-state index in [-0.39, 0.29) is 0 Å². The topological polar surface area (TPSA) is 42.7 Å². The number of nitrogens with zero attached hydrogens (tertiary/aromatic N) is 3. The first kappa shape index (κ1) is 14.7. The molecule has 1 unspecified atom stereocenters. The van der Waals surface area contributed by atoms with Crippen molar-refractivity contribution < 1.29 is 0 Å². The van der Waals surface area contributed by atoms with Crippen LogP contribution in [0.25, 0.3) is 0 Å². The molecule has 20 heavy (non-hydrogen) atoms. The van der Waals surface area contributed by atoms with E-state index in [4.69, 9.17) is 0 Å². The number of hydrogen-bond donors (Lipinski definition) is 1. The van der Waals surface area contributed by atoms with Crippen molar-refractivity contribution in [3.05, 3.63) is 48.0 Å². The first-order valence-electron chi connectivity index (χ1n) is 7.38. The zero-order chi connectivity index (χ0) is 14.2. The zero-order valence-corrected chi connectivity index (χ0v) is 12.4. The lowest BCUT2D eigenvalue weighted by Crippen LogP contribution is -2.32. The first-order valence-corrected chi connectivity index (χ1v) is 7.38. The molecule has 4 heteroatoms. The van der Waals surface area contributed by atoms with Crippen molar-refractivity contribution in [1.82, 2.24) is 20.1 Å². The molecule has 4 nitrogen and oxygen atoms in total. The molecule has 0 saturated carbocycles. The van der Waals surface area contributed by atoms with Crippen molar-refractivity contribution in [3.63, 3.8) is 0 Å². The molecule has 2 heterocycles. The molecule has 0 saturated heterocycles. The molecule has 1 N–H and O–H groups in total. The second-order valence-electron chi connectivity index (χ2n) is 5.20. The van der Waals surface area contributed by atoms with Gasteiger partial charge in [0, 0.05) is 37.4 Å².